The van der Waals surface area contributed by atoms with Gasteiger partial charge in [0.05, 0.1) is 5.56 Å². The van der Waals surface area contributed by atoms with Gasteiger partial charge in [-0.2, -0.15) is 0 Å². The molecule has 0 fully saturated rings. The molecule has 4 nitrogen and oxygen atoms in total. The molecule has 2 aromatic rings. The molecule has 116 valence electrons. The average Bonchev–Trinajstić information content (AvgIpc) is 2.53. The number of thioether (sulfide) groups is 1. The fraction of sp³-hybridized carbons (Fsp3) is 0.278. The van der Waals surface area contributed by atoms with Crippen LogP contribution in [-0.2, 0) is 5.41 Å². The molecule has 1 aromatic heterocycles. The van der Waals surface area contributed by atoms with E-state index in [1.165, 1.54) is 22.9 Å². The first kappa shape index (κ1) is 15.6. The fourth-order valence-electron chi connectivity index (χ4n) is 2.46. The highest BCUT2D eigenvalue weighted by Gasteiger charge is 2.27. The van der Waals surface area contributed by atoms with E-state index in [1.807, 2.05) is 17.8 Å². The zero-order valence-electron chi connectivity index (χ0n) is 13.0. The van der Waals surface area contributed by atoms with E-state index in [-0.39, 0.29) is 11.2 Å². The molecule has 5 heteroatoms. The van der Waals surface area contributed by atoms with Crippen molar-refractivity contribution in [2.75, 3.05) is 5.75 Å². The van der Waals surface area contributed by atoms with E-state index in [0.29, 0.717) is 5.56 Å². The number of rotatable bonds is 1. The second-order valence-electron chi connectivity index (χ2n) is 6.04. The number of benzene rings is 1. The van der Waals surface area contributed by atoms with E-state index >= 15 is 0 Å². The molecule has 0 saturated carbocycles. The molecule has 3 rings (SSSR count). The predicted octanol–water partition coefficient (Wildman–Crippen LogP) is 3.35. The SMILES string of the molecule is CC1(C)CCSc2ccc(C#Cc3cnc(C(=O)O)nc3)cc21. The van der Waals surface area contributed by atoms with E-state index in [1.54, 1.807) is 0 Å². The monoisotopic (exact) mass is 324 g/mol. The second kappa shape index (κ2) is 6.05. The third-order valence-electron chi connectivity index (χ3n) is 3.89. The zero-order valence-corrected chi connectivity index (χ0v) is 13.8. The van der Waals surface area contributed by atoms with Crippen LogP contribution in [-0.4, -0.2) is 26.8 Å². The molecular formula is C18H16N2O2S. The quantitative estimate of drug-likeness (QED) is 0.815. The van der Waals surface area contributed by atoms with Gasteiger partial charge in [-0.05, 0) is 41.4 Å². The van der Waals surface area contributed by atoms with Gasteiger partial charge < -0.3 is 5.11 Å². The van der Waals surface area contributed by atoms with Crippen molar-refractivity contribution in [3.8, 4) is 11.8 Å². The van der Waals surface area contributed by atoms with Crippen molar-refractivity contribution in [1.82, 2.24) is 9.97 Å². The van der Waals surface area contributed by atoms with Gasteiger partial charge in [0, 0.05) is 22.9 Å². The number of carbonyl (C=O) groups is 1. The minimum Gasteiger partial charge on any atom is -0.475 e. The van der Waals surface area contributed by atoms with Gasteiger partial charge in [0.25, 0.3) is 0 Å². The van der Waals surface area contributed by atoms with Gasteiger partial charge in [0.2, 0.25) is 5.82 Å². The van der Waals surface area contributed by atoms with Crippen LogP contribution in [0.1, 0.15) is 47.6 Å². The Hall–Kier alpha value is -2.32. The summed E-state index contributed by atoms with van der Waals surface area (Å²) < 4.78 is 0. The molecule has 0 atom stereocenters. The van der Waals surface area contributed by atoms with Crippen molar-refractivity contribution in [3.05, 3.63) is 53.1 Å². The number of aromatic carboxylic acids is 1. The van der Waals surface area contributed by atoms with Gasteiger partial charge in [-0.1, -0.05) is 25.7 Å². The lowest BCUT2D eigenvalue weighted by Crippen LogP contribution is -2.22. The summed E-state index contributed by atoms with van der Waals surface area (Å²) in [6, 6.07) is 6.31. The maximum absolute atomic E-state index is 10.7. The van der Waals surface area contributed by atoms with Crippen LogP contribution in [0.3, 0.4) is 0 Å². The van der Waals surface area contributed by atoms with E-state index in [2.05, 4.69) is 47.8 Å². The molecule has 1 aliphatic heterocycles. The number of hydrogen-bond acceptors (Lipinski definition) is 4. The normalized spacial score (nSPS) is 15.2. The Balaban J connectivity index is 1.88. The van der Waals surface area contributed by atoms with Crippen molar-refractivity contribution in [1.29, 1.82) is 0 Å². The van der Waals surface area contributed by atoms with E-state index in [9.17, 15) is 4.79 Å². The van der Waals surface area contributed by atoms with E-state index < -0.39 is 5.97 Å². The molecule has 0 radical (unpaired) electrons. The van der Waals surface area contributed by atoms with Crippen molar-refractivity contribution in [3.63, 3.8) is 0 Å². The summed E-state index contributed by atoms with van der Waals surface area (Å²) in [7, 11) is 0. The van der Waals surface area contributed by atoms with Crippen molar-refractivity contribution >= 4 is 17.7 Å². The highest BCUT2D eigenvalue weighted by molar-refractivity contribution is 7.99. The smallest absolute Gasteiger partial charge is 0.373 e. The summed E-state index contributed by atoms with van der Waals surface area (Å²) in [5.74, 6) is 5.89. The summed E-state index contributed by atoms with van der Waals surface area (Å²) in [6.07, 6.45) is 4.02. The Labute approximate surface area is 139 Å². The van der Waals surface area contributed by atoms with Crippen LogP contribution in [0.5, 0.6) is 0 Å². The summed E-state index contributed by atoms with van der Waals surface area (Å²) in [6.45, 7) is 4.53. The highest BCUT2D eigenvalue weighted by Crippen LogP contribution is 2.41. The van der Waals surface area contributed by atoms with Crippen LogP contribution in [0, 0.1) is 11.8 Å². The maximum atomic E-state index is 10.7. The van der Waals surface area contributed by atoms with Crippen LogP contribution in [0.25, 0.3) is 0 Å². The van der Waals surface area contributed by atoms with Crippen LogP contribution in [0.4, 0.5) is 0 Å². The van der Waals surface area contributed by atoms with Gasteiger partial charge in [0.15, 0.2) is 0 Å². The summed E-state index contributed by atoms with van der Waals surface area (Å²) in [5.41, 5.74) is 3.06. The number of hydrogen-bond donors (Lipinski definition) is 1. The molecule has 0 amide bonds. The minimum absolute atomic E-state index is 0.171. The largest absolute Gasteiger partial charge is 0.475 e. The Bertz CT molecular complexity index is 817. The van der Waals surface area contributed by atoms with Crippen molar-refractivity contribution in [2.24, 2.45) is 0 Å². The van der Waals surface area contributed by atoms with E-state index in [0.717, 1.165) is 17.7 Å². The standard InChI is InChI=1S/C18H16N2O2S/c1-18(2)7-8-23-15-6-5-12(9-14(15)18)3-4-13-10-19-16(17(21)22)20-11-13/h5-6,9-11H,7-8H2,1-2H3,(H,21,22). The maximum Gasteiger partial charge on any atom is 0.373 e. The van der Waals surface area contributed by atoms with Crippen molar-refractivity contribution < 1.29 is 9.90 Å². The predicted molar refractivity (Wildman–Crippen MR) is 89.8 cm³/mol. The lowest BCUT2D eigenvalue weighted by molar-refractivity contribution is 0.0683. The fourth-order valence-corrected chi connectivity index (χ4v) is 3.95. The molecule has 1 aliphatic rings. The second-order valence-corrected chi connectivity index (χ2v) is 7.18. The minimum atomic E-state index is -1.14. The van der Waals surface area contributed by atoms with Gasteiger partial charge in [-0.3, -0.25) is 0 Å². The molecule has 2 heterocycles. The molecule has 0 unspecified atom stereocenters. The first-order valence-electron chi connectivity index (χ1n) is 7.30. The summed E-state index contributed by atoms with van der Waals surface area (Å²) in [5, 5.41) is 8.78. The zero-order chi connectivity index (χ0) is 16.4. The Kier molecular flexibility index (Phi) is 4.10. The first-order chi connectivity index (χ1) is 11.0. The van der Waals surface area contributed by atoms with Gasteiger partial charge in [0.1, 0.15) is 0 Å². The Morgan fingerprint density at radius 1 is 1.22 bits per heavy atom. The number of carboxylic acid groups (broad SMARTS) is 1. The highest BCUT2D eigenvalue weighted by atomic mass is 32.2. The van der Waals surface area contributed by atoms with Crippen LogP contribution >= 0.6 is 11.8 Å². The summed E-state index contributed by atoms with van der Waals surface area (Å²) in [4.78, 5) is 19.6. The Morgan fingerprint density at radius 3 is 2.61 bits per heavy atom. The van der Waals surface area contributed by atoms with Gasteiger partial charge in [-0.25, -0.2) is 14.8 Å². The molecule has 0 aliphatic carbocycles. The first-order valence-corrected chi connectivity index (χ1v) is 8.29. The lowest BCUT2D eigenvalue weighted by Gasteiger charge is -2.32. The average molecular weight is 324 g/mol. The van der Waals surface area contributed by atoms with Gasteiger partial charge >= 0.3 is 5.97 Å². The number of aromatic nitrogens is 2. The molecule has 0 spiro atoms. The van der Waals surface area contributed by atoms with Crippen LogP contribution < -0.4 is 0 Å². The molecular weight excluding hydrogens is 308 g/mol. The molecule has 1 N–H and O–H groups in total. The Morgan fingerprint density at radius 2 is 1.91 bits per heavy atom. The van der Waals surface area contributed by atoms with Crippen LogP contribution in [0.15, 0.2) is 35.5 Å². The number of fused-ring (bicyclic) bond motifs is 1. The van der Waals surface area contributed by atoms with Crippen LogP contribution in [0.2, 0.25) is 0 Å². The lowest BCUT2D eigenvalue weighted by atomic mass is 9.81. The number of carboxylic acids is 1. The van der Waals surface area contributed by atoms with Crippen molar-refractivity contribution in [2.45, 2.75) is 30.6 Å². The van der Waals surface area contributed by atoms with E-state index in [4.69, 9.17) is 5.11 Å². The molecule has 0 saturated heterocycles. The topological polar surface area (TPSA) is 63.1 Å². The third kappa shape index (κ3) is 3.38. The molecule has 1 aromatic carbocycles. The summed E-state index contributed by atoms with van der Waals surface area (Å²) >= 11 is 1.89. The molecule has 0 bridgehead atoms. The van der Waals surface area contributed by atoms with Gasteiger partial charge in [-0.15, -0.1) is 11.8 Å². The third-order valence-corrected chi connectivity index (χ3v) is 4.96. The molecule has 23 heavy (non-hydrogen) atoms. The number of nitrogens with zero attached hydrogens (tertiary/aromatic N) is 2.